The largest absolute Gasteiger partial charge is 0.480 e. The molecule has 0 aromatic heterocycles. The van der Waals surface area contributed by atoms with E-state index in [4.69, 9.17) is 5.11 Å². The molecule has 0 bridgehead atoms. The zero-order valence-corrected chi connectivity index (χ0v) is 12.3. The van der Waals surface area contributed by atoms with Gasteiger partial charge in [-0.05, 0) is 19.9 Å². The van der Waals surface area contributed by atoms with E-state index in [1.807, 2.05) is 0 Å². The molecule has 110 valence electrons. The minimum atomic E-state index is -0.945. The van der Waals surface area contributed by atoms with E-state index in [1.165, 1.54) is 4.90 Å². The summed E-state index contributed by atoms with van der Waals surface area (Å²) in [6.07, 6.45) is 1.41. The van der Waals surface area contributed by atoms with Gasteiger partial charge in [0.15, 0.2) is 0 Å². The molecule has 0 aliphatic carbocycles. The molecule has 0 spiro atoms. The van der Waals surface area contributed by atoms with Crippen molar-refractivity contribution in [1.29, 1.82) is 0 Å². The molecule has 2 atom stereocenters. The Morgan fingerprint density at radius 3 is 2.47 bits per heavy atom. The first kappa shape index (κ1) is 15.8. The normalized spacial score (nSPS) is 22.1. The van der Waals surface area contributed by atoms with E-state index in [2.05, 4.69) is 18.9 Å². The number of hydrogen-bond donors (Lipinski definition) is 1. The average molecular weight is 271 g/mol. The first-order chi connectivity index (χ1) is 8.92. The maximum Gasteiger partial charge on any atom is 0.326 e. The van der Waals surface area contributed by atoms with Crippen molar-refractivity contribution in [1.82, 2.24) is 14.7 Å². The van der Waals surface area contributed by atoms with E-state index in [9.17, 15) is 9.59 Å². The third-order valence-corrected chi connectivity index (χ3v) is 3.96. The Kier molecular flexibility index (Phi) is 5.60. The second-order valence-corrected chi connectivity index (χ2v) is 5.14. The van der Waals surface area contributed by atoms with Gasteiger partial charge in [0.05, 0.1) is 0 Å². The van der Waals surface area contributed by atoms with Crippen molar-refractivity contribution < 1.29 is 14.7 Å². The first-order valence-corrected chi connectivity index (χ1v) is 6.87. The topological polar surface area (TPSA) is 64.1 Å². The number of nitrogens with zero attached hydrogens (tertiary/aromatic N) is 3. The summed E-state index contributed by atoms with van der Waals surface area (Å²) >= 11 is 0. The van der Waals surface area contributed by atoms with Gasteiger partial charge in [-0.1, -0.05) is 13.8 Å². The van der Waals surface area contributed by atoms with E-state index in [0.717, 1.165) is 13.0 Å². The van der Waals surface area contributed by atoms with Gasteiger partial charge in [-0.25, -0.2) is 9.59 Å². The lowest BCUT2D eigenvalue weighted by Gasteiger charge is -2.41. The van der Waals surface area contributed by atoms with Crippen molar-refractivity contribution in [3.05, 3.63) is 0 Å². The zero-order valence-electron chi connectivity index (χ0n) is 12.3. The summed E-state index contributed by atoms with van der Waals surface area (Å²) in [4.78, 5) is 28.8. The van der Waals surface area contributed by atoms with E-state index in [-0.39, 0.29) is 6.03 Å². The van der Waals surface area contributed by atoms with Crippen LogP contribution in [0, 0.1) is 0 Å². The van der Waals surface area contributed by atoms with Gasteiger partial charge in [-0.15, -0.1) is 0 Å². The third-order valence-electron chi connectivity index (χ3n) is 3.96. The second kappa shape index (κ2) is 6.75. The molecule has 1 fully saturated rings. The van der Waals surface area contributed by atoms with Crippen LogP contribution in [0.15, 0.2) is 0 Å². The molecule has 19 heavy (non-hydrogen) atoms. The van der Waals surface area contributed by atoms with Crippen LogP contribution in [0.1, 0.15) is 26.7 Å². The number of rotatable bonds is 4. The first-order valence-electron chi connectivity index (χ1n) is 6.87. The molecule has 1 aliphatic heterocycles. The summed E-state index contributed by atoms with van der Waals surface area (Å²) < 4.78 is 0. The number of aliphatic carboxylic acids is 1. The van der Waals surface area contributed by atoms with Crippen LogP contribution in [-0.4, -0.2) is 77.6 Å². The van der Waals surface area contributed by atoms with Crippen LogP contribution in [-0.2, 0) is 4.79 Å². The Labute approximate surface area is 115 Å². The maximum absolute atomic E-state index is 12.3. The van der Waals surface area contributed by atoms with Crippen LogP contribution in [0.3, 0.4) is 0 Å². The van der Waals surface area contributed by atoms with Crippen molar-refractivity contribution in [3.8, 4) is 0 Å². The van der Waals surface area contributed by atoms with Gasteiger partial charge in [0.1, 0.15) is 6.04 Å². The molecular weight excluding hydrogens is 246 g/mol. The number of amides is 2. The van der Waals surface area contributed by atoms with Crippen molar-refractivity contribution in [2.75, 3.05) is 33.7 Å². The number of carboxylic acids is 1. The maximum atomic E-state index is 12.3. The van der Waals surface area contributed by atoms with Crippen LogP contribution in [0.4, 0.5) is 4.79 Å². The standard InChI is InChI=1S/C13H25N3O3/c1-5-10-9-16(8-7-14(10)3)13(19)15(4)11(6-2)12(17)18/h10-11H,5-9H2,1-4H3,(H,17,18). The predicted octanol–water partition coefficient (Wildman–Crippen LogP) is 0.927. The average Bonchev–Trinajstić information content (AvgIpc) is 2.38. The number of piperazine rings is 1. The lowest BCUT2D eigenvalue weighted by Crippen LogP contribution is -2.57. The SMILES string of the molecule is CCC1CN(C(=O)N(C)C(CC)C(=O)O)CCN1C. The highest BCUT2D eigenvalue weighted by atomic mass is 16.4. The van der Waals surface area contributed by atoms with Gasteiger partial charge < -0.3 is 14.9 Å². The molecule has 2 unspecified atom stereocenters. The molecule has 0 aromatic carbocycles. The monoisotopic (exact) mass is 271 g/mol. The number of carbonyl (C=O) groups is 2. The number of carbonyl (C=O) groups excluding carboxylic acids is 1. The number of likely N-dealkylation sites (N-methyl/N-ethyl adjacent to an activating group) is 2. The minimum Gasteiger partial charge on any atom is -0.480 e. The Hall–Kier alpha value is -1.30. The summed E-state index contributed by atoms with van der Waals surface area (Å²) in [5, 5.41) is 9.11. The fourth-order valence-corrected chi connectivity index (χ4v) is 2.53. The third kappa shape index (κ3) is 3.59. The summed E-state index contributed by atoms with van der Waals surface area (Å²) in [6.45, 7) is 6.05. The van der Waals surface area contributed by atoms with E-state index in [1.54, 1.807) is 18.9 Å². The van der Waals surface area contributed by atoms with Gasteiger partial charge in [0.2, 0.25) is 0 Å². The Bertz CT molecular complexity index is 335. The highest BCUT2D eigenvalue weighted by Crippen LogP contribution is 2.14. The Morgan fingerprint density at radius 1 is 1.37 bits per heavy atom. The summed E-state index contributed by atoms with van der Waals surface area (Å²) in [5.74, 6) is -0.945. The van der Waals surface area contributed by atoms with Gasteiger partial charge >= 0.3 is 12.0 Å². The van der Waals surface area contributed by atoms with Crippen molar-refractivity contribution >= 4 is 12.0 Å². The molecule has 6 nitrogen and oxygen atoms in total. The zero-order chi connectivity index (χ0) is 14.6. The quantitative estimate of drug-likeness (QED) is 0.826. The van der Waals surface area contributed by atoms with Crippen LogP contribution >= 0.6 is 0 Å². The molecule has 6 heteroatoms. The fourth-order valence-electron chi connectivity index (χ4n) is 2.53. The highest BCUT2D eigenvalue weighted by Gasteiger charge is 2.32. The molecule has 1 aliphatic rings. The molecule has 1 rings (SSSR count). The Balaban J connectivity index is 2.69. The number of carboxylic acid groups (broad SMARTS) is 1. The molecule has 1 N–H and O–H groups in total. The van der Waals surface area contributed by atoms with Gasteiger partial charge in [0, 0.05) is 32.7 Å². The molecular formula is C13H25N3O3. The smallest absolute Gasteiger partial charge is 0.326 e. The fraction of sp³-hybridized carbons (Fsp3) is 0.846. The number of hydrogen-bond acceptors (Lipinski definition) is 3. The molecule has 1 heterocycles. The van der Waals surface area contributed by atoms with Crippen LogP contribution in [0.2, 0.25) is 0 Å². The predicted molar refractivity (Wildman–Crippen MR) is 73.2 cm³/mol. The summed E-state index contributed by atoms with van der Waals surface area (Å²) in [5.41, 5.74) is 0. The molecule has 1 saturated heterocycles. The van der Waals surface area contributed by atoms with Crippen LogP contribution in [0.25, 0.3) is 0 Å². The van der Waals surface area contributed by atoms with E-state index >= 15 is 0 Å². The van der Waals surface area contributed by atoms with Gasteiger partial charge in [-0.3, -0.25) is 4.90 Å². The lowest BCUT2D eigenvalue weighted by atomic mass is 10.1. The molecule has 0 saturated carbocycles. The van der Waals surface area contributed by atoms with Crippen molar-refractivity contribution in [2.24, 2.45) is 0 Å². The summed E-state index contributed by atoms with van der Waals surface area (Å²) in [6, 6.07) is -0.566. The van der Waals surface area contributed by atoms with Crippen LogP contribution in [0.5, 0.6) is 0 Å². The van der Waals surface area contributed by atoms with Gasteiger partial charge in [0.25, 0.3) is 0 Å². The second-order valence-electron chi connectivity index (χ2n) is 5.14. The number of urea groups is 1. The van der Waals surface area contributed by atoms with Crippen molar-refractivity contribution in [3.63, 3.8) is 0 Å². The van der Waals surface area contributed by atoms with Crippen molar-refractivity contribution in [2.45, 2.75) is 38.8 Å². The van der Waals surface area contributed by atoms with Crippen LogP contribution < -0.4 is 0 Å². The lowest BCUT2D eigenvalue weighted by molar-refractivity contribution is -0.142. The molecule has 0 radical (unpaired) electrons. The summed E-state index contributed by atoms with van der Waals surface area (Å²) in [7, 11) is 3.63. The minimum absolute atomic E-state index is 0.180. The Morgan fingerprint density at radius 2 is 2.00 bits per heavy atom. The molecule has 2 amide bonds. The highest BCUT2D eigenvalue weighted by molar-refractivity contribution is 5.82. The van der Waals surface area contributed by atoms with E-state index < -0.39 is 12.0 Å². The molecule has 0 aromatic rings. The van der Waals surface area contributed by atoms with E-state index in [0.29, 0.717) is 25.6 Å². The van der Waals surface area contributed by atoms with Gasteiger partial charge in [-0.2, -0.15) is 0 Å².